The molecule has 18 heavy (non-hydrogen) atoms. The van der Waals surface area contributed by atoms with Crippen LogP contribution in [0.3, 0.4) is 0 Å². The molecule has 0 radical (unpaired) electrons. The molecule has 0 bridgehead atoms. The van der Waals surface area contributed by atoms with E-state index >= 15 is 0 Å². The van der Waals surface area contributed by atoms with Crippen molar-refractivity contribution in [1.29, 1.82) is 0 Å². The smallest absolute Gasteiger partial charge is 0.0857 e. The maximum Gasteiger partial charge on any atom is 0.0857 e. The van der Waals surface area contributed by atoms with E-state index in [1.807, 2.05) is 11.7 Å². The molecule has 0 aliphatic heterocycles. The van der Waals surface area contributed by atoms with Crippen molar-refractivity contribution >= 4 is 22.9 Å². The van der Waals surface area contributed by atoms with Gasteiger partial charge in [-0.05, 0) is 32.0 Å². The van der Waals surface area contributed by atoms with Crippen LogP contribution in [0.15, 0.2) is 18.3 Å². The van der Waals surface area contributed by atoms with E-state index in [1.165, 1.54) is 9.75 Å². The molecule has 0 aliphatic rings. The Balaban J connectivity index is 2.36. The minimum Gasteiger partial charge on any atom is -0.304 e. The predicted molar refractivity (Wildman–Crippen MR) is 77.4 cm³/mol. The molecule has 2 heterocycles. The molecule has 1 N–H and O–H groups in total. The summed E-state index contributed by atoms with van der Waals surface area (Å²) in [6.45, 7) is 5.24. The molecule has 0 saturated carbocycles. The van der Waals surface area contributed by atoms with Crippen LogP contribution in [0.5, 0.6) is 0 Å². The van der Waals surface area contributed by atoms with Gasteiger partial charge in [0.05, 0.1) is 23.0 Å². The summed E-state index contributed by atoms with van der Waals surface area (Å²) in [5, 5.41) is 8.49. The minimum absolute atomic E-state index is 0.128. The number of thiophene rings is 1. The van der Waals surface area contributed by atoms with Crippen molar-refractivity contribution < 1.29 is 0 Å². The molecule has 2 rings (SSSR count). The lowest BCUT2D eigenvalue weighted by atomic mass is 10.1. The molecule has 0 saturated heterocycles. The quantitative estimate of drug-likeness (QED) is 0.910. The molecule has 2 aromatic heterocycles. The molecule has 5 heteroatoms. The highest BCUT2D eigenvalue weighted by atomic mass is 35.5. The topological polar surface area (TPSA) is 29.9 Å². The Morgan fingerprint density at radius 2 is 2.28 bits per heavy atom. The van der Waals surface area contributed by atoms with Crippen LogP contribution in [0, 0.1) is 6.92 Å². The second-order valence-corrected chi connectivity index (χ2v) is 6.06. The van der Waals surface area contributed by atoms with Crippen molar-refractivity contribution in [2.24, 2.45) is 7.05 Å². The van der Waals surface area contributed by atoms with E-state index in [9.17, 15) is 0 Å². The van der Waals surface area contributed by atoms with Gasteiger partial charge in [0.2, 0.25) is 0 Å². The zero-order valence-corrected chi connectivity index (χ0v) is 12.5. The highest BCUT2D eigenvalue weighted by molar-refractivity contribution is 7.12. The number of aryl methyl sites for hydroxylation is 2. The number of nitrogens with zero attached hydrogens (tertiary/aromatic N) is 2. The lowest BCUT2D eigenvalue weighted by Crippen LogP contribution is -2.24. The zero-order valence-electron chi connectivity index (χ0n) is 10.9. The first-order valence-corrected chi connectivity index (χ1v) is 7.30. The van der Waals surface area contributed by atoms with Crippen molar-refractivity contribution in [2.75, 3.05) is 6.54 Å². The second-order valence-electron chi connectivity index (χ2n) is 4.34. The van der Waals surface area contributed by atoms with Crippen LogP contribution >= 0.6 is 22.9 Å². The Kier molecular flexibility index (Phi) is 4.43. The van der Waals surface area contributed by atoms with Gasteiger partial charge in [0.25, 0.3) is 0 Å². The molecule has 0 aromatic carbocycles. The highest BCUT2D eigenvalue weighted by Crippen LogP contribution is 2.31. The standard InChI is InChI=1S/C13H18ClN3S/c1-4-7-15-12(11-6-5-9(2)18-11)13-10(14)8-16-17(13)3/h5-6,8,12,15H,4,7H2,1-3H3. The Morgan fingerprint density at radius 3 is 2.78 bits per heavy atom. The molecular weight excluding hydrogens is 266 g/mol. The lowest BCUT2D eigenvalue weighted by molar-refractivity contribution is 0.560. The van der Waals surface area contributed by atoms with Gasteiger partial charge in [0.15, 0.2) is 0 Å². The monoisotopic (exact) mass is 283 g/mol. The summed E-state index contributed by atoms with van der Waals surface area (Å²) in [6.07, 6.45) is 2.80. The number of nitrogens with one attached hydrogen (secondary N) is 1. The van der Waals surface area contributed by atoms with Crippen LogP contribution in [0.4, 0.5) is 0 Å². The molecule has 0 spiro atoms. The summed E-state index contributed by atoms with van der Waals surface area (Å²) in [6, 6.07) is 4.44. The van der Waals surface area contributed by atoms with Crippen LogP contribution in [0.2, 0.25) is 5.02 Å². The van der Waals surface area contributed by atoms with Crippen molar-refractivity contribution in [3.8, 4) is 0 Å². The van der Waals surface area contributed by atoms with Gasteiger partial charge in [-0.15, -0.1) is 11.3 Å². The average Bonchev–Trinajstić information content (AvgIpc) is 2.90. The van der Waals surface area contributed by atoms with Crippen LogP contribution in [0.1, 0.15) is 34.8 Å². The maximum atomic E-state index is 6.26. The molecular formula is C13H18ClN3S. The zero-order chi connectivity index (χ0) is 13.1. The summed E-state index contributed by atoms with van der Waals surface area (Å²) in [5.41, 5.74) is 1.03. The fourth-order valence-electron chi connectivity index (χ4n) is 1.97. The van der Waals surface area contributed by atoms with Gasteiger partial charge in [0.1, 0.15) is 0 Å². The number of halogens is 1. The summed E-state index contributed by atoms with van der Waals surface area (Å²) >= 11 is 8.06. The summed E-state index contributed by atoms with van der Waals surface area (Å²) in [4.78, 5) is 2.60. The molecule has 3 nitrogen and oxygen atoms in total. The van der Waals surface area contributed by atoms with E-state index < -0.39 is 0 Å². The van der Waals surface area contributed by atoms with Gasteiger partial charge < -0.3 is 5.32 Å². The third-order valence-corrected chi connectivity index (χ3v) is 4.21. The van der Waals surface area contributed by atoms with Crippen LogP contribution < -0.4 is 5.32 Å². The summed E-state index contributed by atoms with van der Waals surface area (Å²) in [5.74, 6) is 0. The highest BCUT2D eigenvalue weighted by Gasteiger charge is 2.21. The fourth-order valence-corrected chi connectivity index (χ4v) is 3.21. The van der Waals surface area contributed by atoms with Gasteiger partial charge in [-0.2, -0.15) is 5.10 Å². The predicted octanol–water partition coefficient (Wildman–Crippen LogP) is 3.53. The lowest BCUT2D eigenvalue weighted by Gasteiger charge is -2.18. The Morgan fingerprint density at radius 1 is 1.50 bits per heavy atom. The minimum atomic E-state index is 0.128. The van der Waals surface area contributed by atoms with E-state index in [2.05, 4.69) is 36.4 Å². The molecule has 2 aromatic rings. The summed E-state index contributed by atoms with van der Waals surface area (Å²) in [7, 11) is 1.93. The van der Waals surface area contributed by atoms with Crippen LogP contribution in [-0.4, -0.2) is 16.3 Å². The Bertz CT molecular complexity index is 499. The van der Waals surface area contributed by atoms with Crippen molar-refractivity contribution in [2.45, 2.75) is 26.3 Å². The van der Waals surface area contributed by atoms with E-state index in [0.717, 1.165) is 23.7 Å². The van der Waals surface area contributed by atoms with Gasteiger partial charge in [0, 0.05) is 16.8 Å². The Hall–Kier alpha value is -0.840. The first kappa shape index (κ1) is 13.6. The van der Waals surface area contributed by atoms with Crippen molar-refractivity contribution in [3.63, 3.8) is 0 Å². The number of hydrogen-bond acceptors (Lipinski definition) is 3. The molecule has 0 aliphatic carbocycles. The van der Waals surface area contributed by atoms with Gasteiger partial charge in [-0.25, -0.2) is 0 Å². The largest absolute Gasteiger partial charge is 0.304 e. The van der Waals surface area contributed by atoms with E-state index in [0.29, 0.717) is 0 Å². The van der Waals surface area contributed by atoms with Crippen molar-refractivity contribution in [3.05, 3.63) is 38.8 Å². The maximum absolute atomic E-state index is 6.26. The first-order valence-electron chi connectivity index (χ1n) is 6.10. The first-order chi connectivity index (χ1) is 8.63. The average molecular weight is 284 g/mol. The van der Waals surface area contributed by atoms with Gasteiger partial charge in [-0.1, -0.05) is 18.5 Å². The molecule has 1 unspecified atom stereocenters. The normalized spacial score (nSPS) is 12.9. The van der Waals surface area contributed by atoms with Gasteiger partial charge in [-0.3, -0.25) is 4.68 Å². The van der Waals surface area contributed by atoms with E-state index in [-0.39, 0.29) is 6.04 Å². The molecule has 98 valence electrons. The second kappa shape index (κ2) is 5.87. The Labute approximate surface area is 117 Å². The molecule has 0 amide bonds. The molecule has 1 atom stereocenters. The van der Waals surface area contributed by atoms with Crippen LogP contribution in [-0.2, 0) is 7.05 Å². The third-order valence-electron chi connectivity index (χ3n) is 2.86. The number of rotatable bonds is 5. The third kappa shape index (κ3) is 2.76. The number of aromatic nitrogens is 2. The van der Waals surface area contributed by atoms with E-state index in [4.69, 9.17) is 11.6 Å². The van der Waals surface area contributed by atoms with Crippen molar-refractivity contribution in [1.82, 2.24) is 15.1 Å². The van der Waals surface area contributed by atoms with E-state index in [1.54, 1.807) is 17.5 Å². The number of hydrogen-bond donors (Lipinski definition) is 1. The SMILES string of the molecule is CCCNC(c1ccc(C)s1)c1c(Cl)cnn1C. The van der Waals surface area contributed by atoms with Crippen LogP contribution in [0.25, 0.3) is 0 Å². The summed E-state index contributed by atoms with van der Waals surface area (Å²) < 4.78 is 1.85. The molecule has 0 fully saturated rings. The fraction of sp³-hybridized carbons (Fsp3) is 0.462. The van der Waals surface area contributed by atoms with Gasteiger partial charge >= 0.3 is 0 Å².